The maximum Gasteiger partial charge on any atom is 0.321 e. The number of halogens is 1. The summed E-state index contributed by atoms with van der Waals surface area (Å²) in [6, 6.07) is 5.46. The van der Waals surface area contributed by atoms with E-state index in [1.807, 2.05) is 11.0 Å². The molecule has 1 atom stereocenters. The first kappa shape index (κ1) is 19.4. The standard InChI is InChI=1S/C22H30FN3O2/c1-14(26(2)13-15-4-3-5-19(23)9-15)20(27)24-21(28)25-22-10-16-6-17(11-22)8-18(7-16)12-22/h3-5,9,14,16-18H,6-8,10-13H2,1-2H3,(H2,24,25,27,28)/t14-,16?,17?,18?,22?/m1/s1. The lowest BCUT2D eigenvalue weighted by atomic mass is 9.53. The Balaban J connectivity index is 1.31. The largest absolute Gasteiger partial charge is 0.332 e. The van der Waals surface area contributed by atoms with Gasteiger partial charge in [-0.05, 0) is 87.9 Å². The molecule has 0 spiro atoms. The molecule has 4 saturated carbocycles. The van der Waals surface area contributed by atoms with Gasteiger partial charge in [0.2, 0.25) is 5.91 Å². The lowest BCUT2D eigenvalue weighted by Gasteiger charge is -2.56. The van der Waals surface area contributed by atoms with Crippen LogP contribution in [0.5, 0.6) is 0 Å². The third kappa shape index (κ3) is 4.07. The smallest absolute Gasteiger partial charge is 0.321 e. The minimum absolute atomic E-state index is 0.115. The van der Waals surface area contributed by atoms with Crippen molar-refractivity contribution in [3.05, 3.63) is 35.6 Å². The number of urea groups is 1. The van der Waals surface area contributed by atoms with Crippen LogP contribution in [0.2, 0.25) is 0 Å². The molecule has 0 heterocycles. The third-order valence-electron chi connectivity index (χ3n) is 7.02. The molecule has 0 radical (unpaired) electrons. The van der Waals surface area contributed by atoms with Crippen LogP contribution in [0.4, 0.5) is 9.18 Å². The van der Waals surface area contributed by atoms with Gasteiger partial charge in [0, 0.05) is 12.1 Å². The molecule has 5 rings (SSSR count). The van der Waals surface area contributed by atoms with Crippen LogP contribution >= 0.6 is 0 Å². The molecule has 1 aromatic carbocycles. The van der Waals surface area contributed by atoms with Gasteiger partial charge in [0.15, 0.2) is 0 Å². The van der Waals surface area contributed by atoms with Crippen LogP contribution in [0.15, 0.2) is 24.3 Å². The van der Waals surface area contributed by atoms with Crippen molar-refractivity contribution < 1.29 is 14.0 Å². The van der Waals surface area contributed by atoms with Crippen molar-refractivity contribution in [2.75, 3.05) is 7.05 Å². The fraction of sp³-hybridized carbons (Fsp3) is 0.636. The molecule has 5 nitrogen and oxygen atoms in total. The van der Waals surface area contributed by atoms with Crippen LogP contribution in [0.3, 0.4) is 0 Å². The number of likely N-dealkylation sites (N-methyl/N-ethyl adjacent to an activating group) is 1. The highest BCUT2D eigenvalue weighted by Gasteiger charge is 2.51. The second-order valence-corrected chi connectivity index (χ2v) is 9.36. The molecule has 4 aliphatic carbocycles. The SMILES string of the molecule is C[C@H](C(=O)NC(=O)NC12CC3CC(CC(C3)C1)C2)N(C)Cc1cccc(F)c1. The molecule has 1 aromatic rings. The number of carbonyl (C=O) groups excluding carboxylic acids is 2. The number of amides is 3. The Morgan fingerprint density at radius 1 is 1.18 bits per heavy atom. The van der Waals surface area contributed by atoms with Gasteiger partial charge in [0.25, 0.3) is 0 Å². The second kappa shape index (κ2) is 7.47. The van der Waals surface area contributed by atoms with E-state index in [0.717, 1.165) is 42.6 Å². The lowest BCUT2D eigenvalue weighted by Crippen LogP contribution is -2.62. The molecule has 3 amide bonds. The van der Waals surface area contributed by atoms with E-state index < -0.39 is 6.04 Å². The zero-order chi connectivity index (χ0) is 19.9. The number of nitrogens with one attached hydrogen (secondary N) is 2. The quantitative estimate of drug-likeness (QED) is 0.814. The number of rotatable bonds is 5. The van der Waals surface area contributed by atoms with Gasteiger partial charge in [-0.1, -0.05) is 12.1 Å². The molecule has 0 unspecified atom stereocenters. The summed E-state index contributed by atoms with van der Waals surface area (Å²) in [6.07, 6.45) is 7.08. The minimum Gasteiger partial charge on any atom is -0.332 e. The zero-order valence-corrected chi connectivity index (χ0v) is 16.7. The Morgan fingerprint density at radius 3 is 2.36 bits per heavy atom. The van der Waals surface area contributed by atoms with Gasteiger partial charge in [0.1, 0.15) is 5.82 Å². The number of carbonyl (C=O) groups is 2. The first-order chi connectivity index (χ1) is 13.3. The summed E-state index contributed by atoms with van der Waals surface area (Å²) in [5.74, 6) is 1.58. The van der Waals surface area contributed by atoms with E-state index in [-0.39, 0.29) is 23.3 Å². The Labute approximate surface area is 166 Å². The molecule has 4 aliphatic rings. The van der Waals surface area contributed by atoms with Crippen LogP contribution in [0, 0.1) is 23.6 Å². The number of hydrogen-bond donors (Lipinski definition) is 2. The summed E-state index contributed by atoms with van der Waals surface area (Å²) in [7, 11) is 1.80. The van der Waals surface area contributed by atoms with E-state index in [1.165, 1.54) is 31.4 Å². The van der Waals surface area contributed by atoms with Gasteiger partial charge in [-0.2, -0.15) is 0 Å². The van der Waals surface area contributed by atoms with Crippen molar-refractivity contribution >= 4 is 11.9 Å². The molecule has 0 aliphatic heterocycles. The summed E-state index contributed by atoms with van der Waals surface area (Å²) in [4.78, 5) is 26.9. The molecule has 4 bridgehead atoms. The van der Waals surface area contributed by atoms with E-state index in [9.17, 15) is 14.0 Å². The predicted octanol–water partition coefficient (Wildman–Crippen LogP) is 3.44. The molecule has 28 heavy (non-hydrogen) atoms. The summed E-state index contributed by atoms with van der Waals surface area (Å²) >= 11 is 0. The highest BCUT2D eigenvalue weighted by molar-refractivity contribution is 5.97. The molecule has 4 fully saturated rings. The fourth-order valence-corrected chi connectivity index (χ4v) is 6.01. The third-order valence-corrected chi connectivity index (χ3v) is 7.02. The minimum atomic E-state index is -0.495. The Morgan fingerprint density at radius 2 is 1.79 bits per heavy atom. The summed E-state index contributed by atoms with van der Waals surface area (Å²) < 4.78 is 13.4. The van der Waals surface area contributed by atoms with Crippen molar-refractivity contribution in [1.29, 1.82) is 0 Å². The maximum atomic E-state index is 13.4. The van der Waals surface area contributed by atoms with Crippen molar-refractivity contribution in [1.82, 2.24) is 15.5 Å². The number of hydrogen-bond acceptors (Lipinski definition) is 3. The van der Waals surface area contributed by atoms with Crippen LogP contribution in [0.1, 0.15) is 51.0 Å². The Hall–Kier alpha value is -1.95. The molecule has 6 heteroatoms. The summed E-state index contributed by atoms with van der Waals surface area (Å²) in [5, 5.41) is 5.70. The molecular weight excluding hydrogens is 357 g/mol. The van der Waals surface area contributed by atoms with Gasteiger partial charge in [-0.3, -0.25) is 15.0 Å². The number of nitrogens with zero attached hydrogens (tertiary/aromatic N) is 1. The normalized spacial score (nSPS) is 31.6. The second-order valence-electron chi connectivity index (χ2n) is 9.36. The Bertz CT molecular complexity index is 731. The van der Waals surface area contributed by atoms with Crippen molar-refractivity contribution in [2.45, 2.75) is 63.6 Å². The molecule has 152 valence electrons. The van der Waals surface area contributed by atoms with E-state index in [4.69, 9.17) is 0 Å². The summed E-state index contributed by atoms with van der Waals surface area (Å²) in [6.45, 7) is 2.19. The van der Waals surface area contributed by atoms with Crippen molar-refractivity contribution in [3.8, 4) is 0 Å². The summed E-state index contributed by atoms with van der Waals surface area (Å²) in [5.41, 5.74) is 0.677. The zero-order valence-electron chi connectivity index (χ0n) is 16.7. The predicted molar refractivity (Wildman–Crippen MR) is 105 cm³/mol. The first-order valence-electron chi connectivity index (χ1n) is 10.4. The Kier molecular flexibility index (Phi) is 5.17. The fourth-order valence-electron chi connectivity index (χ4n) is 6.01. The van der Waals surface area contributed by atoms with Gasteiger partial charge in [0.05, 0.1) is 6.04 Å². The van der Waals surface area contributed by atoms with E-state index in [1.54, 1.807) is 20.0 Å². The van der Waals surface area contributed by atoms with Gasteiger partial charge >= 0.3 is 6.03 Å². The van der Waals surface area contributed by atoms with Gasteiger partial charge in [-0.15, -0.1) is 0 Å². The first-order valence-corrected chi connectivity index (χ1v) is 10.4. The topological polar surface area (TPSA) is 61.4 Å². The molecule has 0 saturated heterocycles. The van der Waals surface area contributed by atoms with Crippen molar-refractivity contribution in [2.24, 2.45) is 17.8 Å². The molecular formula is C22H30FN3O2. The number of benzene rings is 1. The average molecular weight is 387 g/mol. The van der Waals surface area contributed by atoms with E-state index >= 15 is 0 Å². The molecule has 0 aromatic heterocycles. The monoisotopic (exact) mass is 387 g/mol. The van der Waals surface area contributed by atoms with Gasteiger partial charge < -0.3 is 5.32 Å². The lowest BCUT2D eigenvalue weighted by molar-refractivity contribution is -0.124. The average Bonchev–Trinajstić information content (AvgIpc) is 2.59. The van der Waals surface area contributed by atoms with Crippen LogP contribution in [0.25, 0.3) is 0 Å². The van der Waals surface area contributed by atoms with E-state index in [2.05, 4.69) is 10.6 Å². The van der Waals surface area contributed by atoms with Gasteiger partial charge in [-0.25, -0.2) is 9.18 Å². The highest BCUT2D eigenvalue weighted by atomic mass is 19.1. The van der Waals surface area contributed by atoms with Crippen LogP contribution in [-0.4, -0.2) is 35.5 Å². The molecule has 2 N–H and O–H groups in total. The maximum absolute atomic E-state index is 13.4. The van der Waals surface area contributed by atoms with Crippen molar-refractivity contribution in [3.63, 3.8) is 0 Å². The van der Waals surface area contributed by atoms with Crippen LogP contribution in [-0.2, 0) is 11.3 Å². The highest BCUT2D eigenvalue weighted by Crippen LogP contribution is 2.55. The van der Waals surface area contributed by atoms with Crippen LogP contribution < -0.4 is 10.6 Å². The number of imide groups is 1. The van der Waals surface area contributed by atoms with E-state index in [0.29, 0.717) is 6.54 Å².